The first-order chi connectivity index (χ1) is 12.9. The minimum Gasteiger partial charge on any atom is -0.493 e. The van der Waals surface area contributed by atoms with Crippen molar-refractivity contribution in [2.24, 2.45) is 0 Å². The smallest absolute Gasteiger partial charge is 0.246 e. The van der Waals surface area contributed by atoms with Crippen LogP contribution in [0.15, 0.2) is 48.5 Å². The Hall–Kier alpha value is -3.08. The third-order valence-electron chi connectivity index (χ3n) is 4.47. The van der Waals surface area contributed by atoms with Crippen LogP contribution >= 0.6 is 0 Å². The summed E-state index contributed by atoms with van der Waals surface area (Å²) in [6.45, 7) is 3.69. The van der Waals surface area contributed by atoms with Crippen LogP contribution in [0, 0.1) is 6.92 Å². The van der Waals surface area contributed by atoms with E-state index in [0.29, 0.717) is 17.1 Å². The highest BCUT2D eigenvalue weighted by Gasteiger charge is 2.22. The first-order valence-electron chi connectivity index (χ1n) is 8.65. The molecule has 2 rings (SSSR count). The second kappa shape index (κ2) is 9.03. The van der Waals surface area contributed by atoms with Gasteiger partial charge in [-0.15, -0.1) is 0 Å². The van der Waals surface area contributed by atoms with Gasteiger partial charge in [0.1, 0.15) is 0 Å². The van der Waals surface area contributed by atoms with Crippen LogP contribution in [0.5, 0.6) is 11.5 Å². The number of ether oxygens (including phenoxy) is 2. The van der Waals surface area contributed by atoms with E-state index in [2.05, 4.69) is 0 Å². The number of likely N-dealkylation sites (N-methyl/N-ethyl adjacent to an activating group) is 1. The molecule has 2 aromatic carbocycles. The molecule has 0 bridgehead atoms. The fourth-order valence-electron chi connectivity index (χ4n) is 2.57. The van der Waals surface area contributed by atoms with Crippen LogP contribution in [0.25, 0.3) is 6.08 Å². The number of nitrogens with zero attached hydrogens (tertiary/aromatic N) is 1. The van der Waals surface area contributed by atoms with Crippen molar-refractivity contribution in [3.63, 3.8) is 0 Å². The molecule has 2 aromatic rings. The molecule has 142 valence electrons. The lowest BCUT2D eigenvalue weighted by Gasteiger charge is -2.22. The molecule has 0 aromatic heterocycles. The van der Waals surface area contributed by atoms with E-state index in [1.807, 2.05) is 25.1 Å². The Morgan fingerprint density at radius 3 is 2.22 bits per heavy atom. The van der Waals surface area contributed by atoms with Gasteiger partial charge >= 0.3 is 0 Å². The van der Waals surface area contributed by atoms with E-state index in [-0.39, 0.29) is 11.7 Å². The van der Waals surface area contributed by atoms with Crippen molar-refractivity contribution in [1.82, 2.24) is 4.90 Å². The molecule has 0 fully saturated rings. The number of hydrogen-bond donors (Lipinski definition) is 0. The van der Waals surface area contributed by atoms with Gasteiger partial charge in [0.2, 0.25) is 5.91 Å². The summed E-state index contributed by atoms with van der Waals surface area (Å²) in [5.41, 5.74) is 2.48. The van der Waals surface area contributed by atoms with Crippen LogP contribution in [0.4, 0.5) is 0 Å². The summed E-state index contributed by atoms with van der Waals surface area (Å²) in [4.78, 5) is 26.5. The molecule has 0 aliphatic carbocycles. The highest BCUT2D eigenvalue weighted by atomic mass is 16.5. The van der Waals surface area contributed by atoms with E-state index in [9.17, 15) is 9.59 Å². The van der Waals surface area contributed by atoms with Crippen molar-refractivity contribution in [1.29, 1.82) is 0 Å². The zero-order valence-corrected chi connectivity index (χ0v) is 16.4. The molecular formula is C22H25NO4. The third-order valence-corrected chi connectivity index (χ3v) is 4.47. The summed E-state index contributed by atoms with van der Waals surface area (Å²) in [6.07, 6.45) is 3.13. The Balaban J connectivity index is 2.09. The molecule has 0 spiro atoms. The van der Waals surface area contributed by atoms with Crippen LogP contribution in [-0.2, 0) is 4.79 Å². The van der Waals surface area contributed by atoms with Gasteiger partial charge in [-0.2, -0.15) is 0 Å². The minimum absolute atomic E-state index is 0.0923. The van der Waals surface area contributed by atoms with Gasteiger partial charge in [-0.05, 0) is 37.6 Å². The van der Waals surface area contributed by atoms with Crippen LogP contribution in [0.2, 0.25) is 0 Å². The number of methoxy groups -OCH3 is 2. The predicted octanol–water partition coefficient (Wildman–Crippen LogP) is 3.76. The summed E-state index contributed by atoms with van der Waals surface area (Å²) in [5.74, 6) is 0.863. The molecule has 1 unspecified atom stereocenters. The molecule has 0 heterocycles. The van der Waals surface area contributed by atoms with Gasteiger partial charge in [0, 0.05) is 18.7 Å². The number of Topliss-reactive ketones (excluding diaryl/α,β-unsaturated/α-hetero) is 1. The molecule has 0 radical (unpaired) electrons. The molecule has 0 saturated heterocycles. The van der Waals surface area contributed by atoms with Gasteiger partial charge in [0.25, 0.3) is 0 Å². The maximum atomic E-state index is 12.6. The lowest BCUT2D eigenvalue weighted by Crippen LogP contribution is -2.39. The number of rotatable bonds is 7. The number of ketones is 1. The standard InChI is InChI=1S/C22H25NO4/c1-15-6-10-18(11-7-15)22(25)16(2)23(3)21(24)13-9-17-8-12-19(26-4)20(14-17)27-5/h6-14,16H,1-5H3/b13-9+. The summed E-state index contributed by atoms with van der Waals surface area (Å²) in [5, 5.41) is 0. The second-order valence-corrected chi connectivity index (χ2v) is 6.30. The fraction of sp³-hybridized carbons (Fsp3) is 0.273. The van der Waals surface area contributed by atoms with Crippen molar-refractivity contribution in [2.75, 3.05) is 21.3 Å². The van der Waals surface area contributed by atoms with Gasteiger partial charge in [0.05, 0.1) is 20.3 Å². The lowest BCUT2D eigenvalue weighted by atomic mass is 10.0. The van der Waals surface area contributed by atoms with Crippen molar-refractivity contribution in [3.05, 3.63) is 65.2 Å². The van der Waals surface area contributed by atoms with Gasteiger partial charge in [0.15, 0.2) is 17.3 Å². The molecule has 0 aliphatic heterocycles. The Morgan fingerprint density at radius 1 is 1.00 bits per heavy atom. The molecule has 0 N–H and O–H groups in total. The van der Waals surface area contributed by atoms with Gasteiger partial charge in [-0.25, -0.2) is 0 Å². The van der Waals surface area contributed by atoms with Crippen LogP contribution < -0.4 is 9.47 Å². The summed E-state index contributed by atoms with van der Waals surface area (Å²) in [6, 6.07) is 12.2. The van der Waals surface area contributed by atoms with E-state index in [1.165, 1.54) is 11.0 Å². The monoisotopic (exact) mass is 367 g/mol. The number of benzene rings is 2. The van der Waals surface area contributed by atoms with Gasteiger partial charge in [-0.1, -0.05) is 35.9 Å². The minimum atomic E-state index is -0.560. The predicted molar refractivity (Wildman–Crippen MR) is 106 cm³/mol. The molecule has 0 aliphatic rings. The van der Waals surface area contributed by atoms with Crippen LogP contribution in [0.1, 0.15) is 28.4 Å². The van der Waals surface area contributed by atoms with Gasteiger partial charge < -0.3 is 14.4 Å². The zero-order valence-electron chi connectivity index (χ0n) is 16.4. The number of aryl methyl sites for hydroxylation is 1. The molecule has 0 saturated carbocycles. The molecule has 27 heavy (non-hydrogen) atoms. The van der Waals surface area contributed by atoms with E-state index in [4.69, 9.17) is 9.47 Å². The average molecular weight is 367 g/mol. The van der Waals surface area contributed by atoms with E-state index in [0.717, 1.165) is 11.1 Å². The first-order valence-corrected chi connectivity index (χ1v) is 8.65. The Labute approximate surface area is 160 Å². The Morgan fingerprint density at radius 2 is 1.63 bits per heavy atom. The SMILES string of the molecule is COc1ccc(/C=C/C(=O)N(C)C(C)C(=O)c2ccc(C)cc2)cc1OC. The second-order valence-electron chi connectivity index (χ2n) is 6.30. The average Bonchev–Trinajstić information content (AvgIpc) is 2.70. The van der Waals surface area contributed by atoms with Crippen LogP contribution in [0.3, 0.4) is 0 Å². The maximum absolute atomic E-state index is 12.6. The fourth-order valence-corrected chi connectivity index (χ4v) is 2.57. The lowest BCUT2D eigenvalue weighted by molar-refractivity contribution is -0.125. The zero-order chi connectivity index (χ0) is 20.0. The van der Waals surface area contributed by atoms with Crippen molar-refractivity contribution >= 4 is 17.8 Å². The first kappa shape index (κ1) is 20.2. The maximum Gasteiger partial charge on any atom is 0.246 e. The summed E-state index contributed by atoms with van der Waals surface area (Å²) >= 11 is 0. The number of carbonyl (C=O) groups is 2. The van der Waals surface area contributed by atoms with Crippen molar-refractivity contribution in [3.8, 4) is 11.5 Å². The third kappa shape index (κ3) is 4.97. The number of hydrogen-bond acceptors (Lipinski definition) is 4. The Kier molecular flexibility index (Phi) is 6.77. The quantitative estimate of drug-likeness (QED) is 0.552. The highest BCUT2D eigenvalue weighted by molar-refractivity contribution is 6.03. The molecular weight excluding hydrogens is 342 g/mol. The number of carbonyl (C=O) groups excluding carboxylic acids is 2. The summed E-state index contributed by atoms with van der Waals surface area (Å²) in [7, 11) is 4.75. The van der Waals surface area contributed by atoms with E-state index in [1.54, 1.807) is 58.5 Å². The largest absolute Gasteiger partial charge is 0.493 e. The van der Waals surface area contributed by atoms with Crippen molar-refractivity contribution in [2.45, 2.75) is 19.9 Å². The van der Waals surface area contributed by atoms with Crippen molar-refractivity contribution < 1.29 is 19.1 Å². The molecule has 5 heteroatoms. The van der Waals surface area contributed by atoms with Crippen LogP contribution in [-0.4, -0.2) is 43.9 Å². The molecule has 5 nitrogen and oxygen atoms in total. The topological polar surface area (TPSA) is 55.8 Å². The molecule has 1 atom stereocenters. The normalized spacial score (nSPS) is 11.9. The number of amides is 1. The van der Waals surface area contributed by atoms with Gasteiger partial charge in [-0.3, -0.25) is 9.59 Å². The Bertz CT molecular complexity index is 840. The summed E-state index contributed by atoms with van der Waals surface area (Å²) < 4.78 is 10.5. The van der Waals surface area contributed by atoms with E-state index >= 15 is 0 Å². The molecule has 1 amide bonds. The van der Waals surface area contributed by atoms with E-state index < -0.39 is 6.04 Å². The highest BCUT2D eigenvalue weighted by Crippen LogP contribution is 2.28.